The number of fused-ring (bicyclic) bond motifs is 1. The van der Waals surface area contributed by atoms with Crippen LogP contribution < -0.4 is 0 Å². The molecule has 3 aliphatic carbocycles. The van der Waals surface area contributed by atoms with Crippen LogP contribution in [0.2, 0.25) is 0 Å². The van der Waals surface area contributed by atoms with Gasteiger partial charge in [-0.1, -0.05) is 75.1 Å². The third-order valence-electron chi connectivity index (χ3n) is 10.0. The number of rotatable bonds is 5. The van der Waals surface area contributed by atoms with Crippen molar-refractivity contribution in [3.05, 3.63) is 83.5 Å². The Bertz CT molecular complexity index is 1110. The summed E-state index contributed by atoms with van der Waals surface area (Å²) in [5.74, 6) is 1.24. The van der Waals surface area contributed by atoms with Gasteiger partial charge in [0.15, 0.2) is 0 Å². The molecule has 8 atom stereocenters. The average molecular weight is 503 g/mol. The van der Waals surface area contributed by atoms with Crippen LogP contribution in [0.3, 0.4) is 0 Å². The van der Waals surface area contributed by atoms with Crippen molar-refractivity contribution in [2.45, 2.75) is 89.4 Å². The van der Waals surface area contributed by atoms with Gasteiger partial charge in [-0.3, -0.25) is 0 Å². The first-order valence-corrected chi connectivity index (χ1v) is 14.1. The lowest BCUT2D eigenvalue weighted by Crippen LogP contribution is -2.37. The number of carbonyl (C=O) groups is 1. The summed E-state index contributed by atoms with van der Waals surface area (Å²) in [7, 11) is 0. The molecule has 0 amide bonds. The molecule has 4 nitrogen and oxygen atoms in total. The van der Waals surface area contributed by atoms with Crippen LogP contribution in [0.1, 0.15) is 76.7 Å². The van der Waals surface area contributed by atoms with E-state index >= 15 is 0 Å². The van der Waals surface area contributed by atoms with Crippen LogP contribution in [-0.2, 0) is 9.53 Å². The normalized spacial score (nSPS) is 39.2. The minimum absolute atomic E-state index is 0.0658. The Morgan fingerprint density at radius 3 is 2.65 bits per heavy atom. The summed E-state index contributed by atoms with van der Waals surface area (Å²) in [5.41, 5.74) is 5.15. The molecule has 3 saturated carbocycles. The van der Waals surface area contributed by atoms with E-state index in [0.717, 1.165) is 29.6 Å². The van der Waals surface area contributed by atoms with E-state index in [4.69, 9.17) is 4.74 Å². The van der Waals surface area contributed by atoms with E-state index < -0.39 is 12.2 Å². The summed E-state index contributed by atoms with van der Waals surface area (Å²) in [4.78, 5) is 12.5. The molecule has 0 bridgehead atoms. The SMILES string of the molecule is C=C1C(=O)O[C@@H](C[C@@H](C)[C@H]2CC[C@H]3C(=CC=C4C[C@@H](O)C[C@H](O)C4=C)CCC[C@]23C)[C@H]1c1ccccc1. The molecule has 4 heteroatoms. The van der Waals surface area contributed by atoms with Crippen molar-refractivity contribution in [2.75, 3.05) is 0 Å². The molecule has 4 fully saturated rings. The van der Waals surface area contributed by atoms with Gasteiger partial charge in [0, 0.05) is 12.0 Å². The zero-order valence-electron chi connectivity index (χ0n) is 22.4. The summed E-state index contributed by atoms with van der Waals surface area (Å²) in [6, 6.07) is 10.2. The van der Waals surface area contributed by atoms with Crippen molar-refractivity contribution in [1.29, 1.82) is 0 Å². The smallest absolute Gasteiger partial charge is 0.334 e. The van der Waals surface area contributed by atoms with Crippen molar-refractivity contribution >= 4 is 5.97 Å². The number of allylic oxidation sites excluding steroid dienone is 3. The first kappa shape index (κ1) is 26.2. The molecule has 1 saturated heterocycles. The number of aliphatic hydroxyl groups is 2. The Hall–Kier alpha value is -2.43. The Morgan fingerprint density at radius 1 is 1.14 bits per heavy atom. The molecule has 5 rings (SSSR count). The molecule has 0 spiro atoms. The lowest BCUT2D eigenvalue weighted by Gasteiger charge is -2.44. The van der Waals surface area contributed by atoms with Crippen LogP contribution in [0.4, 0.5) is 0 Å². The van der Waals surface area contributed by atoms with E-state index in [1.165, 1.54) is 31.3 Å². The first-order valence-electron chi connectivity index (χ1n) is 14.1. The highest BCUT2D eigenvalue weighted by molar-refractivity contribution is 5.92. The highest BCUT2D eigenvalue weighted by Crippen LogP contribution is 2.60. The summed E-state index contributed by atoms with van der Waals surface area (Å²) in [6.45, 7) is 13.0. The number of hydrogen-bond donors (Lipinski definition) is 2. The number of aliphatic hydroxyl groups excluding tert-OH is 2. The summed E-state index contributed by atoms with van der Waals surface area (Å²) < 4.78 is 5.89. The van der Waals surface area contributed by atoms with Crippen LogP contribution in [-0.4, -0.2) is 34.5 Å². The molecule has 198 valence electrons. The van der Waals surface area contributed by atoms with Crippen molar-refractivity contribution in [3.63, 3.8) is 0 Å². The summed E-state index contributed by atoms with van der Waals surface area (Å²) >= 11 is 0. The first-order chi connectivity index (χ1) is 17.7. The maximum Gasteiger partial charge on any atom is 0.334 e. The Kier molecular flexibility index (Phi) is 7.35. The fourth-order valence-electron chi connectivity index (χ4n) is 8.10. The highest BCUT2D eigenvalue weighted by Gasteiger charge is 2.52. The monoisotopic (exact) mass is 502 g/mol. The number of carbonyl (C=O) groups excluding carboxylic acids is 1. The number of ether oxygens (including phenoxy) is 1. The highest BCUT2D eigenvalue weighted by atomic mass is 16.6. The Morgan fingerprint density at radius 2 is 1.89 bits per heavy atom. The molecule has 0 radical (unpaired) electrons. The van der Waals surface area contributed by atoms with E-state index in [1.54, 1.807) is 0 Å². The maximum atomic E-state index is 12.5. The zero-order valence-corrected chi connectivity index (χ0v) is 22.4. The van der Waals surface area contributed by atoms with Gasteiger partial charge in [-0.2, -0.15) is 0 Å². The second-order valence-electron chi connectivity index (χ2n) is 12.2. The Labute approximate surface area is 221 Å². The van der Waals surface area contributed by atoms with Crippen molar-refractivity contribution in [3.8, 4) is 0 Å². The largest absolute Gasteiger partial charge is 0.458 e. The van der Waals surface area contributed by atoms with E-state index in [2.05, 4.69) is 51.3 Å². The van der Waals surface area contributed by atoms with Crippen LogP contribution in [0, 0.1) is 23.2 Å². The quantitative estimate of drug-likeness (QED) is 0.360. The number of esters is 1. The number of benzene rings is 1. The van der Waals surface area contributed by atoms with E-state index in [1.807, 2.05) is 18.2 Å². The van der Waals surface area contributed by atoms with Gasteiger partial charge in [-0.25, -0.2) is 4.79 Å². The molecular formula is C33H42O4. The fraction of sp³-hybridized carbons (Fsp3) is 0.545. The predicted octanol–water partition coefficient (Wildman–Crippen LogP) is 6.42. The van der Waals surface area contributed by atoms with Crippen molar-refractivity contribution < 1.29 is 19.7 Å². The molecule has 0 aromatic heterocycles. The van der Waals surface area contributed by atoms with Crippen LogP contribution in [0.15, 0.2) is 77.9 Å². The predicted molar refractivity (Wildman–Crippen MR) is 147 cm³/mol. The lowest BCUT2D eigenvalue weighted by molar-refractivity contribution is -0.139. The van der Waals surface area contributed by atoms with E-state index in [9.17, 15) is 15.0 Å². The maximum absolute atomic E-state index is 12.5. The molecule has 2 N–H and O–H groups in total. The third kappa shape index (κ3) is 4.91. The average Bonchev–Trinajstić information content (AvgIpc) is 3.36. The van der Waals surface area contributed by atoms with Crippen LogP contribution in [0.5, 0.6) is 0 Å². The Balaban J connectivity index is 1.33. The lowest BCUT2D eigenvalue weighted by atomic mass is 9.60. The molecule has 1 aliphatic heterocycles. The summed E-state index contributed by atoms with van der Waals surface area (Å²) in [5, 5.41) is 20.4. The van der Waals surface area contributed by atoms with Gasteiger partial charge in [-0.05, 0) is 84.8 Å². The van der Waals surface area contributed by atoms with Crippen molar-refractivity contribution in [2.24, 2.45) is 23.2 Å². The fourth-order valence-corrected chi connectivity index (χ4v) is 8.10. The molecule has 1 aromatic carbocycles. The zero-order chi connectivity index (χ0) is 26.3. The van der Waals surface area contributed by atoms with Gasteiger partial charge in [0.25, 0.3) is 0 Å². The van der Waals surface area contributed by atoms with Gasteiger partial charge < -0.3 is 14.9 Å². The van der Waals surface area contributed by atoms with Gasteiger partial charge in [-0.15, -0.1) is 0 Å². The van der Waals surface area contributed by atoms with Gasteiger partial charge in [0.05, 0.1) is 18.1 Å². The number of hydrogen-bond acceptors (Lipinski definition) is 4. The van der Waals surface area contributed by atoms with Crippen molar-refractivity contribution in [1.82, 2.24) is 0 Å². The number of cyclic esters (lactones) is 1. The van der Waals surface area contributed by atoms with Gasteiger partial charge in [0.2, 0.25) is 0 Å². The molecule has 37 heavy (non-hydrogen) atoms. The molecular weight excluding hydrogens is 460 g/mol. The minimum Gasteiger partial charge on any atom is -0.458 e. The van der Waals surface area contributed by atoms with Gasteiger partial charge in [0.1, 0.15) is 6.10 Å². The summed E-state index contributed by atoms with van der Waals surface area (Å²) in [6.07, 6.45) is 10.8. The molecule has 1 aromatic rings. The van der Waals surface area contributed by atoms with Crippen LogP contribution >= 0.6 is 0 Å². The topological polar surface area (TPSA) is 66.8 Å². The second-order valence-corrected chi connectivity index (χ2v) is 12.2. The van der Waals surface area contributed by atoms with Crippen LogP contribution in [0.25, 0.3) is 0 Å². The third-order valence-corrected chi connectivity index (χ3v) is 10.0. The molecule has 4 aliphatic rings. The molecule has 0 unspecified atom stereocenters. The second kappa shape index (κ2) is 10.4. The standard InChI is InChI=1S/C33H42O4/c1-20(17-30-31(22(3)32(36)37-30)24-9-6-5-7-10-24)27-14-15-28-23(11-8-16-33(27,28)4)12-13-25-18-26(34)19-29(35)21(25)2/h5-7,9-10,12-13,20,26-31,34-35H,2-3,8,11,14-19H2,1,4H3/t20-,26-,27-,28+,29+,30+,31-,33-/m1/s1. The van der Waals surface area contributed by atoms with Gasteiger partial charge >= 0.3 is 5.97 Å². The molecule has 1 heterocycles. The van der Waals surface area contributed by atoms with E-state index in [0.29, 0.717) is 36.2 Å². The minimum atomic E-state index is -0.651. The van der Waals surface area contributed by atoms with E-state index in [-0.39, 0.29) is 23.4 Å².